The second kappa shape index (κ2) is 5.59. The summed E-state index contributed by atoms with van der Waals surface area (Å²) in [4.78, 5) is 16.7. The number of aliphatic hydroxyl groups excluding tert-OH is 1. The third-order valence-corrected chi connectivity index (χ3v) is 3.94. The number of fused-ring (bicyclic) bond motifs is 1. The van der Waals surface area contributed by atoms with E-state index in [9.17, 15) is 9.90 Å². The lowest BCUT2D eigenvalue weighted by atomic mass is 9.92. The zero-order valence-corrected chi connectivity index (χ0v) is 11.2. The molecule has 0 radical (unpaired) electrons. The number of hydrogen-bond acceptors (Lipinski definition) is 3. The first-order valence-electron chi connectivity index (χ1n) is 7.08. The number of carbonyl (C=O) groups excluding carboxylic acids is 1. The van der Waals surface area contributed by atoms with Crippen molar-refractivity contribution in [3.63, 3.8) is 0 Å². The van der Waals surface area contributed by atoms with Crippen LogP contribution in [0.1, 0.15) is 36.0 Å². The molecule has 2 atom stereocenters. The molecule has 4 nitrogen and oxygen atoms in total. The molecular formula is C16H18N2O2. The van der Waals surface area contributed by atoms with Crippen LogP contribution in [0.25, 0.3) is 10.9 Å². The van der Waals surface area contributed by atoms with E-state index >= 15 is 0 Å². The normalized spacial score (nSPS) is 22.6. The first-order chi connectivity index (χ1) is 9.75. The third-order valence-electron chi connectivity index (χ3n) is 3.94. The predicted octanol–water partition coefficient (Wildman–Crippen LogP) is 2.27. The Bertz CT molecular complexity index is 621. The van der Waals surface area contributed by atoms with Gasteiger partial charge >= 0.3 is 0 Å². The number of nitrogens with zero attached hydrogens (tertiary/aromatic N) is 1. The molecule has 0 spiro atoms. The number of carbonyl (C=O) groups is 1. The van der Waals surface area contributed by atoms with Crippen molar-refractivity contribution >= 4 is 16.8 Å². The smallest absolute Gasteiger partial charge is 0.252 e. The van der Waals surface area contributed by atoms with Crippen LogP contribution in [-0.4, -0.2) is 28.1 Å². The van der Waals surface area contributed by atoms with E-state index in [2.05, 4.69) is 10.3 Å². The van der Waals surface area contributed by atoms with E-state index in [-0.39, 0.29) is 11.9 Å². The summed E-state index contributed by atoms with van der Waals surface area (Å²) in [5.41, 5.74) is 1.43. The summed E-state index contributed by atoms with van der Waals surface area (Å²) < 4.78 is 0. The zero-order valence-electron chi connectivity index (χ0n) is 11.2. The van der Waals surface area contributed by atoms with E-state index in [4.69, 9.17) is 0 Å². The van der Waals surface area contributed by atoms with Crippen molar-refractivity contribution in [2.24, 2.45) is 0 Å². The second-order valence-corrected chi connectivity index (χ2v) is 5.31. The van der Waals surface area contributed by atoms with Gasteiger partial charge in [0.15, 0.2) is 0 Å². The molecule has 0 bridgehead atoms. The summed E-state index contributed by atoms with van der Waals surface area (Å²) in [6, 6.07) is 9.11. The Morgan fingerprint density at radius 1 is 1.20 bits per heavy atom. The Morgan fingerprint density at radius 2 is 2.05 bits per heavy atom. The predicted molar refractivity (Wildman–Crippen MR) is 77.5 cm³/mol. The number of rotatable bonds is 2. The average Bonchev–Trinajstić information content (AvgIpc) is 2.49. The van der Waals surface area contributed by atoms with Crippen LogP contribution in [-0.2, 0) is 0 Å². The molecule has 1 heterocycles. The highest BCUT2D eigenvalue weighted by molar-refractivity contribution is 6.06. The number of benzene rings is 1. The molecule has 1 amide bonds. The van der Waals surface area contributed by atoms with Gasteiger partial charge in [-0.25, -0.2) is 0 Å². The van der Waals surface area contributed by atoms with Gasteiger partial charge in [0, 0.05) is 17.1 Å². The fourth-order valence-electron chi connectivity index (χ4n) is 2.83. The van der Waals surface area contributed by atoms with E-state index in [1.165, 1.54) is 0 Å². The van der Waals surface area contributed by atoms with Crippen molar-refractivity contribution in [1.29, 1.82) is 0 Å². The van der Waals surface area contributed by atoms with Crippen molar-refractivity contribution < 1.29 is 9.90 Å². The van der Waals surface area contributed by atoms with Crippen LogP contribution in [0.3, 0.4) is 0 Å². The Morgan fingerprint density at radius 3 is 2.90 bits per heavy atom. The maximum atomic E-state index is 12.4. The molecule has 0 saturated heterocycles. The Labute approximate surface area is 117 Å². The van der Waals surface area contributed by atoms with Gasteiger partial charge in [0.25, 0.3) is 5.91 Å². The Hall–Kier alpha value is -1.94. The molecule has 1 aromatic heterocycles. The standard InChI is InChI=1S/C16H18N2O2/c19-15-9-2-1-7-14(15)18-16(20)12-5-3-8-13-11(12)6-4-10-17-13/h3-6,8,10,14-15,19H,1-2,7,9H2,(H,18,20)/t14-,15-/m0/s1. The number of nitrogens with one attached hydrogen (secondary N) is 1. The van der Waals surface area contributed by atoms with Crippen LogP contribution in [0, 0.1) is 0 Å². The second-order valence-electron chi connectivity index (χ2n) is 5.31. The lowest BCUT2D eigenvalue weighted by Crippen LogP contribution is -2.45. The maximum absolute atomic E-state index is 12.4. The van der Waals surface area contributed by atoms with Crippen LogP contribution in [0.2, 0.25) is 0 Å². The molecule has 0 unspecified atom stereocenters. The van der Waals surface area contributed by atoms with Crippen molar-refractivity contribution in [2.75, 3.05) is 0 Å². The molecule has 104 valence electrons. The molecule has 20 heavy (non-hydrogen) atoms. The van der Waals surface area contributed by atoms with Crippen LogP contribution in [0.15, 0.2) is 36.5 Å². The van der Waals surface area contributed by atoms with Gasteiger partial charge < -0.3 is 10.4 Å². The fraction of sp³-hybridized carbons (Fsp3) is 0.375. The SMILES string of the molecule is O=C(N[C@H]1CCCC[C@@H]1O)c1cccc2ncccc12. The number of pyridine rings is 1. The highest BCUT2D eigenvalue weighted by Gasteiger charge is 2.25. The van der Waals surface area contributed by atoms with E-state index in [0.29, 0.717) is 5.56 Å². The van der Waals surface area contributed by atoms with Crippen LogP contribution in [0.4, 0.5) is 0 Å². The first kappa shape index (κ1) is 13.1. The molecule has 1 fully saturated rings. The minimum absolute atomic E-state index is 0.130. The van der Waals surface area contributed by atoms with Gasteiger partial charge in [-0.1, -0.05) is 25.0 Å². The fourth-order valence-corrected chi connectivity index (χ4v) is 2.83. The lowest BCUT2D eigenvalue weighted by Gasteiger charge is -2.28. The van der Waals surface area contributed by atoms with E-state index in [1.807, 2.05) is 24.3 Å². The van der Waals surface area contributed by atoms with Gasteiger partial charge in [-0.15, -0.1) is 0 Å². The maximum Gasteiger partial charge on any atom is 0.252 e. The summed E-state index contributed by atoms with van der Waals surface area (Å²) in [5, 5.41) is 13.8. The quantitative estimate of drug-likeness (QED) is 0.880. The zero-order chi connectivity index (χ0) is 13.9. The molecule has 2 aromatic rings. The summed E-state index contributed by atoms with van der Waals surface area (Å²) in [5.74, 6) is -0.130. The number of aliphatic hydroxyl groups is 1. The number of amides is 1. The third kappa shape index (κ3) is 2.51. The highest BCUT2D eigenvalue weighted by Crippen LogP contribution is 2.20. The number of aromatic nitrogens is 1. The molecule has 2 N–H and O–H groups in total. The average molecular weight is 270 g/mol. The first-order valence-corrected chi connectivity index (χ1v) is 7.08. The van der Waals surface area contributed by atoms with Crippen molar-refractivity contribution in [2.45, 2.75) is 37.8 Å². The van der Waals surface area contributed by atoms with Crippen LogP contribution >= 0.6 is 0 Å². The Kier molecular flexibility index (Phi) is 3.65. The molecular weight excluding hydrogens is 252 g/mol. The molecule has 3 rings (SSSR count). The molecule has 4 heteroatoms. The van der Waals surface area contributed by atoms with Crippen molar-refractivity contribution in [1.82, 2.24) is 10.3 Å². The highest BCUT2D eigenvalue weighted by atomic mass is 16.3. The van der Waals surface area contributed by atoms with Crippen LogP contribution < -0.4 is 5.32 Å². The van der Waals surface area contributed by atoms with Crippen LogP contribution in [0.5, 0.6) is 0 Å². The topological polar surface area (TPSA) is 62.2 Å². The Balaban J connectivity index is 1.85. The summed E-state index contributed by atoms with van der Waals surface area (Å²) in [7, 11) is 0. The largest absolute Gasteiger partial charge is 0.391 e. The molecule has 1 aliphatic carbocycles. The van der Waals surface area contributed by atoms with Gasteiger partial charge in [-0.05, 0) is 31.0 Å². The molecule has 1 aliphatic rings. The van der Waals surface area contributed by atoms with Gasteiger partial charge in [0.1, 0.15) is 0 Å². The van der Waals surface area contributed by atoms with Gasteiger partial charge in [0.2, 0.25) is 0 Å². The monoisotopic (exact) mass is 270 g/mol. The summed E-state index contributed by atoms with van der Waals surface area (Å²) in [6.45, 7) is 0. The van der Waals surface area contributed by atoms with E-state index < -0.39 is 6.10 Å². The minimum atomic E-state index is -0.430. The summed E-state index contributed by atoms with van der Waals surface area (Å²) in [6.07, 6.45) is 4.98. The molecule has 1 saturated carbocycles. The van der Waals surface area contributed by atoms with Gasteiger partial charge in [-0.3, -0.25) is 9.78 Å². The van der Waals surface area contributed by atoms with E-state index in [1.54, 1.807) is 12.3 Å². The van der Waals surface area contributed by atoms with E-state index in [0.717, 1.165) is 36.6 Å². The van der Waals surface area contributed by atoms with Gasteiger partial charge in [-0.2, -0.15) is 0 Å². The minimum Gasteiger partial charge on any atom is -0.391 e. The van der Waals surface area contributed by atoms with Crippen molar-refractivity contribution in [3.8, 4) is 0 Å². The lowest BCUT2D eigenvalue weighted by molar-refractivity contribution is 0.0718. The molecule has 1 aromatic carbocycles. The van der Waals surface area contributed by atoms with Crippen molar-refractivity contribution in [3.05, 3.63) is 42.1 Å². The number of hydrogen-bond donors (Lipinski definition) is 2. The molecule has 0 aliphatic heterocycles. The summed E-state index contributed by atoms with van der Waals surface area (Å²) >= 11 is 0. The van der Waals surface area contributed by atoms with Gasteiger partial charge in [0.05, 0.1) is 17.7 Å².